The molecule has 4 nitrogen and oxygen atoms in total. The van der Waals surface area contributed by atoms with Crippen molar-refractivity contribution in [1.29, 1.82) is 0 Å². The van der Waals surface area contributed by atoms with Gasteiger partial charge in [0, 0.05) is 17.3 Å². The summed E-state index contributed by atoms with van der Waals surface area (Å²) >= 11 is 0. The Morgan fingerprint density at radius 3 is 2.87 bits per heavy atom. The number of benzene rings is 2. The van der Waals surface area contributed by atoms with E-state index in [2.05, 4.69) is 5.16 Å². The molecule has 1 amide bonds. The van der Waals surface area contributed by atoms with Gasteiger partial charge in [0.1, 0.15) is 5.82 Å². The summed E-state index contributed by atoms with van der Waals surface area (Å²) in [6.07, 6.45) is 2.10. The fourth-order valence-electron chi connectivity index (χ4n) is 2.78. The maximum atomic E-state index is 13.4. The molecule has 0 bridgehead atoms. The van der Waals surface area contributed by atoms with Crippen LogP contribution in [-0.2, 0) is 16.1 Å². The van der Waals surface area contributed by atoms with E-state index in [-0.39, 0.29) is 24.4 Å². The molecule has 0 aromatic heterocycles. The Labute approximate surface area is 134 Å². The van der Waals surface area contributed by atoms with Crippen LogP contribution in [0.1, 0.15) is 18.1 Å². The number of halogens is 1. The van der Waals surface area contributed by atoms with E-state index in [1.807, 2.05) is 31.2 Å². The Hall–Kier alpha value is -2.69. The number of anilines is 1. The van der Waals surface area contributed by atoms with Crippen molar-refractivity contribution in [1.82, 2.24) is 0 Å². The third-order valence-corrected chi connectivity index (χ3v) is 3.84. The molecular weight excluding hydrogens is 295 g/mol. The lowest BCUT2D eigenvalue weighted by Gasteiger charge is -2.21. The summed E-state index contributed by atoms with van der Waals surface area (Å²) in [4.78, 5) is 19.1. The van der Waals surface area contributed by atoms with Gasteiger partial charge in [0.2, 0.25) is 0 Å². The number of rotatable bonds is 4. The van der Waals surface area contributed by atoms with Crippen LogP contribution in [0.3, 0.4) is 0 Å². The molecule has 1 aliphatic rings. The second-order valence-electron chi connectivity index (χ2n) is 5.48. The van der Waals surface area contributed by atoms with Crippen LogP contribution < -0.4 is 4.90 Å². The maximum Gasteiger partial charge on any atom is 0.268 e. The molecule has 0 fully saturated rings. The largest absolute Gasteiger partial charge is 0.386 e. The van der Waals surface area contributed by atoms with Gasteiger partial charge in [-0.05, 0) is 31.0 Å². The monoisotopic (exact) mass is 312 g/mol. The molecule has 0 aliphatic carbocycles. The van der Waals surface area contributed by atoms with Crippen molar-refractivity contribution >= 4 is 17.8 Å². The second kappa shape index (κ2) is 6.60. The topological polar surface area (TPSA) is 41.9 Å². The van der Waals surface area contributed by atoms with Crippen LogP contribution in [0.4, 0.5) is 10.1 Å². The summed E-state index contributed by atoms with van der Waals surface area (Å²) in [7, 11) is 0. The van der Waals surface area contributed by atoms with E-state index in [1.165, 1.54) is 12.3 Å². The highest BCUT2D eigenvalue weighted by Crippen LogP contribution is 2.31. The average Bonchev–Trinajstić information content (AvgIpc) is 2.88. The van der Waals surface area contributed by atoms with Crippen LogP contribution in [0.15, 0.2) is 53.7 Å². The Morgan fingerprint density at radius 1 is 1.30 bits per heavy atom. The second-order valence-corrected chi connectivity index (χ2v) is 5.48. The normalized spacial score (nSPS) is 16.6. The van der Waals surface area contributed by atoms with E-state index >= 15 is 0 Å². The highest BCUT2D eigenvalue weighted by atomic mass is 19.1. The molecule has 2 aromatic carbocycles. The first-order valence-corrected chi connectivity index (χ1v) is 7.46. The molecule has 3 rings (SSSR count). The molecule has 1 aliphatic heterocycles. The van der Waals surface area contributed by atoms with Gasteiger partial charge in [-0.3, -0.25) is 4.79 Å². The van der Waals surface area contributed by atoms with Crippen LogP contribution in [0.5, 0.6) is 0 Å². The molecule has 2 aromatic rings. The number of oxime groups is 1. The van der Waals surface area contributed by atoms with E-state index in [9.17, 15) is 9.18 Å². The van der Waals surface area contributed by atoms with Crippen LogP contribution in [0.2, 0.25) is 0 Å². The Balaban J connectivity index is 1.61. The Kier molecular flexibility index (Phi) is 4.37. The first kappa shape index (κ1) is 15.2. The van der Waals surface area contributed by atoms with Crippen molar-refractivity contribution in [3.05, 3.63) is 65.5 Å². The van der Waals surface area contributed by atoms with Crippen molar-refractivity contribution in [2.45, 2.75) is 19.4 Å². The van der Waals surface area contributed by atoms with E-state index in [0.29, 0.717) is 5.56 Å². The third-order valence-electron chi connectivity index (χ3n) is 3.84. The lowest BCUT2D eigenvalue weighted by atomic mass is 10.1. The smallest absolute Gasteiger partial charge is 0.268 e. The van der Waals surface area contributed by atoms with Gasteiger partial charge < -0.3 is 9.74 Å². The molecule has 0 N–H and O–H groups in total. The Morgan fingerprint density at radius 2 is 2.04 bits per heavy atom. The highest BCUT2D eigenvalue weighted by molar-refractivity contribution is 5.97. The molecule has 1 heterocycles. The fraction of sp³-hybridized carbons (Fsp3) is 0.222. The molecular formula is C18H17FN2O2. The summed E-state index contributed by atoms with van der Waals surface area (Å²) in [6, 6.07) is 14.2. The first-order valence-electron chi connectivity index (χ1n) is 7.46. The number of amides is 1. The van der Waals surface area contributed by atoms with Gasteiger partial charge >= 0.3 is 0 Å². The highest BCUT2D eigenvalue weighted by Gasteiger charge is 2.30. The molecule has 0 unspecified atom stereocenters. The van der Waals surface area contributed by atoms with Gasteiger partial charge in [-0.15, -0.1) is 0 Å². The quantitative estimate of drug-likeness (QED) is 0.643. The zero-order valence-electron chi connectivity index (χ0n) is 12.8. The minimum Gasteiger partial charge on any atom is -0.386 e. The summed E-state index contributed by atoms with van der Waals surface area (Å²) < 4.78 is 13.4. The average molecular weight is 312 g/mol. The van der Waals surface area contributed by atoms with Crippen LogP contribution >= 0.6 is 0 Å². The number of nitrogens with zero attached hydrogens (tertiary/aromatic N) is 2. The van der Waals surface area contributed by atoms with E-state index in [1.54, 1.807) is 23.1 Å². The standard InChI is InChI=1S/C18H17FN2O2/c1-13-10-14-6-3-5-9-17(14)21(13)18(22)12-23-20-11-15-7-2-4-8-16(15)19/h2-9,11,13H,10,12H2,1H3/b20-11-/t13-/m0/s1. The van der Waals surface area contributed by atoms with Gasteiger partial charge in [-0.25, -0.2) is 4.39 Å². The zero-order chi connectivity index (χ0) is 16.2. The van der Waals surface area contributed by atoms with Gasteiger partial charge in [-0.2, -0.15) is 0 Å². The molecule has 0 saturated heterocycles. The van der Waals surface area contributed by atoms with E-state index in [4.69, 9.17) is 4.84 Å². The summed E-state index contributed by atoms with van der Waals surface area (Å²) in [6.45, 7) is 1.82. The first-order chi connectivity index (χ1) is 11.2. The van der Waals surface area contributed by atoms with Gasteiger partial charge in [0.05, 0.1) is 6.21 Å². The SMILES string of the molecule is C[C@H]1Cc2ccccc2N1C(=O)CO/N=C\c1ccccc1F. The van der Waals surface area contributed by atoms with Crippen molar-refractivity contribution in [2.24, 2.45) is 5.16 Å². The van der Waals surface area contributed by atoms with Crippen LogP contribution in [0, 0.1) is 5.82 Å². The fourth-order valence-corrected chi connectivity index (χ4v) is 2.78. The molecule has 5 heteroatoms. The number of carbonyl (C=O) groups is 1. The minimum absolute atomic E-state index is 0.0963. The third kappa shape index (κ3) is 3.23. The van der Waals surface area contributed by atoms with Crippen molar-refractivity contribution in [2.75, 3.05) is 11.5 Å². The molecule has 0 saturated carbocycles. The molecule has 1 atom stereocenters. The number of hydrogen-bond donors (Lipinski definition) is 0. The number of fused-ring (bicyclic) bond motifs is 1. The van der Waals surface area contributed by atoms with E-state index in [0.717, 1.165) is 17.7 Å². The lowest BCUT2D eigenvalue weighted by Crippen LogP contribution is -2.37. The number of para-hydroxylation sites is 1. The van der Waals surface area contributed by atoms with E-state index < -0.39 is 0 Å². The maximum absolute atomic E-state index is 13.4. The van der Waals surface area contributed by atoms with Crippen LogP contribution in [0.25, 0.3) is 0 Å². The van der Waals surface area contributed by atoms with Gasteiger partial charge in [0.15, 0.2) is 6.61 Å². The predicted molar refractivity (Wildman–Crippen MR) is 87.0 cm³/mol. The summed E-state index contributed by atoms with van der Waals surface area (Å²) in [5.74, 6) is -0.540. The predicted octanol–water partition coefficient (Wildman–Crippen LogP) is 3.15. The summed E-state index contributed by atoms with van der Waals surface area (Å²) in [5.41, 5.74) is 2.40. The Bertz CT molecular complexity index is 745. The molecule has 0 spiro atoms. The van der Waals surface area contributed by atoms with Crippen molar-refractivity contribution in [3.63, 3.8) is 0 Å². The molecule has 23 heavy (non-hydrogen) atoms. The number of carbonyl (C=O) groups excluding carboxylic acids is 1. The van der Waals surface area contributed by atoms with Crippen LogP contribution in [-0.4, -0.2) is 24.8 Å². The zero-order valence-corrected chi connectivity index (χ0v) is 12.8. The van der Waals surface area contributed by atoms with Gasteiger partial charge in [0.25, 0.3) is 5.91 Å². The minimum atomic E-state index is -0.381. The number of hydrogen-bond acceptors (Lipinski definition) is 3. The molecule has 118 valence electrons. The van der Waals surface area contributed by atoms with Gasteiger partial charge in [-0.1, -0.05) is 41.6 Å². The van der Waals surface area contributed by atoms with Crippen molar-refractivity contribution in [3.8, 4) is 0 Å². The molecule has 0 radical (unpaired) electrons. The summed E-state index contributed by atoms with van der Waals surface area (Å²) in [5, 5.41) is 3.68. The lowest BCUT2D eigenvalue weighted by molar-refractivity contribution is -0.123. The van der Waals surface area contributed by atoms with Crippen molar-refractivity contribution < 1.29 is 14.0 Å².